The first-order chi connectivity index (χ1) is 9.58. The molecule has 0 bridgehead atoms. The van der Waals surface area contributed by atoms with Crippen LogP contribution in [0.5, 0.6) is 11.5 Å². The van der Waals surface area contributed by atoms with Crippen LogP contribution in [-0.4, -0.2) is 6.54 Å². The summed E-state index contributed by atoms with van der Waals surface area (Å²) in [6, 6.07) is 12.6. The van der Waals surface area contributed by atoms with Crippen LogP contribution in [0.4, 0.5) is 4.39 Å². The van der Waals surface area contributed by atoms with Gasteiger partial charge in [0.1, 0.15) is 17.3 Å². The molecule has 0 saturated heterocycles. The molecule has 0 aromatic heterocycles. The first-order valence-electron chi connectivity index (χ1n) is 6.86. The van der Waals surface area contributed by atoms with Gasteiger partial charge in [0.05, 0.1) is 0 Å². The molecular weight excluding hydrogens is 253 g/mol. The summed E-state index contributed by atoms with van der Waals surface area (Å²) in [4.78, 5) is 0. The average molecular weight is 273 g/mol. The van der Waals surface area contributed by atoms with Crippen LogP contribution in [0.25, 0.3) is 0 Å². The Balaban J connectivity index is 2.23. The fourth-order valence-electron chi connectivity index (χ4n) is 2.06. The largest absolute Gasteiger partial charge is 0.457 e. The molecule has 0 saturated carbocycles. The Hall–Kier alpha value is -1.87. The van der Waals surface area contributed by atoms with E-state index in [1.807, 2.05) is 24.3 Å². The van der Waals surface area contributed by atoms with Crippen LogP contribution in [0.15, 0.2) is 42.5 Å². The summed E-state index contributed by atoms with van der Waals surface area (Å²) < 4.78 is 19.3. The molecule has 2 aromatic rings. The molecule has 0 fully saturated rings. The van der Waals surface area contributed by atoms with Crippen molar-refractivity contribution in [3.05, 3.63) is 59.4 Å². The average Bonchev–Trinajstić information content (AvgIpc) is 2.38. The van der Waals surface area contributed by atoms with Crippen molar-refractivity contribution >= 4 is 0 Å². The maximum atomic E-state index is 13.5. The highest BCUT2D eigenvalue weighted by Crippen LogP contribution is 2.26. The minimum atomic E-state index is -0.300. The Kier molecular flexibility index (Phi) is 4.74. The molecule has 0 spiro atoms. The first-order valence-corrected chi connectivity index (χ1v) is 6.86. The van der Waals surface area contributed by atoms with Gasteiger partial charge in [-0.2, -0.15) is 0 Å². The highest BCUT2D eigenvalue weighted by Gasteiger charge is 2.05. The van der Waals surface area contributed by atoms with Gasteiger partial charge in [-0.3, -0.25) is 0 Å². The highest BCUT2D eigenvalue weighted by atomic mass is 19.1. The van der Waals surface area contributed by atoms with Gasteiger partial charge < -0.3 is 10.5 Å². The fourth-order valence-corrected chi connectivity index (χ4v) is 2.06. The van der Waals surface area contributed by atoms with Crippen LogP contribution in [0.3, 0.4) is 0 Å². The third kappa shape index (κ3) is 3.81. The summed E-state index contributed by atoms with van der Waals surface area (Å²) in [7, 11) is 0. The maximum absolute atomic E-state index is 13.5. The van der Waals surface area contributed by atoms with Gasteiger partial charge in [-0.05, 0) is 54.3 Å². The van der Waals surface area contributed by atoms with Crippen molar-refractivity contribution in [3.8, 4) is 11.5 Å². The second-order valence-electron chi connectivity index (χ2n) is 5.16. The molecule has 2 rings (SSSR count). The Morgan fingerprint density at radius 1 is 1.10 bits per heavy atom. The molecule has 0 radical (unpaired) electrons. The van der Waals surface area contributed by atoms with E-state index in [4.69, 9.17) is 10.5 Å². The molecule has 20 heavy (non-hydrogen) atoms. The normalized spacial score (nSPS) is 10.8. The van der Waals surface area contributed by atoms with Gasteiger partial charge in [0.2, 0.25) is 0 Å². The summed E-state index contributed by atoms with van der Waals surface area (Å²) in [5.74, 6) is 1.36. The molecule has 0 aliphatic heterocycles. The van der Waals surface area contributed by atoms with E-state index in [9.17, 15) is 4.39 Å². The van der Waals surface area contributed by atoms with E-state index in [1.54, 1.807) is 0 Å². The molecule has 0 amide bonds. The molecular formula is C17H20FNO. The summed E-state index contributed by atoms with van der Waals surface area (Å²) in [6.45, 7) is 4.74. The van der Waals surface area contributed by atoms with Gasteiger partial charge in [-0.15, -0.1) is 0 Å². The molecule has 2 nitrogen and oxygen atoms in total. The van der Waals surface area contributed by atoms with E-state index >= 15 is 0 Å². The predicted molar refractivity (Wildman–Crippen MR) is 79.8 cm³/mol. The molecule has 0 heterocycles. The van der Waals surface area contributed by atoms with Gasteiger partial charge in [0, 0.05) is 6.07 Å². The standard InChI is InChI=1S/C17H20FNO/c1-12(2)14-4-3-5-16(10-14)20-17-9-13(6-7-19)8-15(18)11-17/h3-5,8-12H,6-7,19H2,1-2H3. The van der Waals surface area contributed by atoms with Crippen LogP contribution in [0.2, 0.25) is 0 Å². The number of benzene rings is 2. The zero-order chi connectivity index (χ0) is 14.5. The molecule has 0 atom stereocenters. The molecule has 106 valence electrons. The monoisotopic (exact) mass is 273 g/mol. The van der Waals surface area contributed by atoms with E-state index in [1.165, 1.54) is 17.7 Å². The van der Waals surface area contributed by atoms with E-state index in [-0.39, 0.29) is 5.82 Å². The predicted octanol–water partition coefficient (Wildman–Crippen LogP) is 4.24. The van der Waals surface area contributed by atoms with Crippen molar-refractivity contribution in [2.45, 2.75) is 26.2 Å². The van der Waals surface area contributed by atoms with Crippen LogP contribution in [-0.2, 0) is 6.42 Å². The molecule has 2 aromatic carbocycles. The molecule has 0 unspecified atom stereocenters. The third-order valence-corrected chi connectivity index (χ3v) is 3.12. The van der Waals surface area contributed by atoms with Crippen molar-refractivity contribution in [3.63, 3.8) is 0 Å². The van der Waals surface area contributed by atoms with Crippen LogP contribution in [0.1, 0.15) is 30.9 Å². The number of hydrogen-bond acceptors (Lipinski definition) is 2. The number of halogens is 1. The van der Waals surface area contributed by atoms with E-state index in [2.05, 4.69) is 19.9 Å². The van der Waals surface area contributed by atoms with Gasteiger partial charge >= 0.3 is 0 Å². The number of rotatable bonds is 5. The minimum absolute atomic E-state index is 0.300. The Labute approximate surface area is 119 Å². The second-order valence-corrected chi connectivity index (χ2v) is 5.16. The van der Waals surface area contributed by atoms with Crippen molar-refractivity contribution in [1.29, 1.82) is 0 Å². The number of ether oxygens (including phenoxy) is 1. The van der Waals surface area contributed by atoms with Crippen LogP contribution < -0.4 is 10.5 Å². The summed E-state index contributed by atoms with van der Waals surface area (Å²) in [6.07, 6.45) is 0.639. The fraction of sp³-hybridized carbons (Fsp3) is 0.294. The smallest absolute Gasteiger partial charge is 0.130 e. The number of nitrogens with two attached hydrogens (primary N) is 1. The van der Waals surface area contributed by atoms with Gasteiger partial charge in [-0.25, -0.2) is 4.39 Å². The van der Waals surface area contributed by atoms with Crippen LogP contribution >= 0.6 is 0 Å². The van der Waals surface area contributed by atoms with Crippen molar-refractivity contribution in [2.75, 3.05) is 6.54 Å². The lowest BCUT2D eigenvalue weighted by molar-refractivity contribution is 0.474. The van der Waals surface area contributed by atoms with Crippen molar-refractivity contribution in [2.24, 2.45) is 5.73 Å². The molecule has 2 N–H and O–H groups in total. The summed E-state index contributed by atoms with van der Waals surface area (Å²) in [5, 5.41) is 0. The Bertz CT molecular complexity index is 581. The molecule has 0 aliphatic carbocycles. The lowest BCUT2D eigenvalue weighted by Gasteiger charge is -2.11. The second kappa shape index (κ2) is 6.53. The van der Waals surface area contributed by atoms with Crippen LogP contribution in [0, 0.1) is 5.82 Å². The van der Waals surface area contributed by atoms with E-state index < -0.39 is 0 Å². The van der Waals surface area contributed by atoms with Gasteiger partial charge in [0.15, 0.2) is 0 Å². The zero-order valence-electron chi connectivity index (χ0n) is 11.9. The lowest BCUT2D eigenvalue weighted by atomic mass is 10.0. The number of hydrogen-bond donors (Lipinski definition) is 1. The van der Waals surface area contributed by atoms with E-state index in [0.717, 1.165) is 11.3 Å². The topological polar surface area (TPSA) is 35.2 Å². The summed E-state index contributed by atoms with van der Waals surface area (Å²) in [5.41, 5.74) is 7.55. The SMILES string of the molecule is CC(C)c1cccc(Oc2cc(F)cc(CCN)c2)c1. The lowest BCUT2D eigenvalue weighted by Crippen LogP contribution is -2.03. The van der Waals surface area contributed by atoms with Crippen molar-refractivity contribution in [1.82, 2.24) is 0 Å². The minimum Gasteiger partial charge on any atom is -0.457 e. The zero-order valence-corrected chi connectivity index (χ0v) is 11.9. The van der Waals surface area contributed by atoms with Gasteiger partial charge in [-0.1, -0.05) is 26.0 Å². The third-order valence-electron chi connectivity index (χ3n) is 3.12. The van der Waals surface area contributed by atoms with Gasteiger partial charge in [0.25, 0.3) is 0 Å². The highest BCUT2D eigenvalue weighted by molar-refractivity contribution is 5.37. The first kappa shape index (κ1) is 14.5. The Morgan fingerprint density at radius 2 is 1.90 bits per heavy atom. The van der Waals surface area contributed by atoms with E-state index in [0.29, 0.717) is 24.6 Å². The van der Waals surface area contributed by atoms with Crippen molar-refractivity contribution < 1.29 is 9.13 Å². The molecule has 3 heteroatoms. The quantitative estimate of drug-likeness (QED) is 0.884. The Morgan fingerprint density at radius 3 is 2.60 bits per heavy atom. The maximum Gasteiger partial charge on any atom is 0.130 e. The molecule has 0 aliphatic rings. The summed E-state index contributed by atoms with van der Waals surface area (Å²) >= 11 is 0.